The number of pyridine rings is 1. The molecule has 2 heterocycles. The van der Waals surface area contributed by atoms with E-state index in [1.165, 1.54) is 0 Å². The molecule has 5 nitrogen and oxygen atoms in total. The summed E-state index contributed by atoms with van der Waals surface area (Å²) in [4.78, 5) is 4.28. The fraction of sp³-hybridized carbons (Fsp3) is 0. The molecule has 3 aromatic rings. The quantitative estimate of drug-likeness (QED) is 0.739. The highest BCUT2D eigenvalue weighted by molar-refractivity contribution is 5.70. The molecule has 2 aromatic heterocycles. The molecule has 0 bridgehead atoms. The van der Waals surface area contributed by atoms with Crippen LogP contribution < -0.4 is 5.73 Å². The Morgan fingerprint density at radius 3 is 2.61 bits per heavy atom. The molecular formula is C13H11N5. The second kappa shape index (κ2) is 4.29. The van der Waals surface area contributed by atoms with Crippen LogP contribution in [0.15, 0.2) is 54.9 Å². The van der Waals surface area contributed by atoms with Gasteiger partial charge in [0.1, 0.15) is 11.4 Å². The van der Waals surface area contributed by atoms with Crippen molar-refractivity contribution in [1.29, 1.82) is 0 Å². The van der Waals surface area contributed by atoms with Crippen molar-refractivity contribution in [2.75, 3.05) is 5.73 Å². The fourth-order valence-corrected chi connectivity index (χ4v) is 1.79. The van der Waals surface area contributed by atoms with E-state index < -0.39 is 0 Å². The van der Waals surface area contributed by atoms with E-state index in [4.69, 9.17) is 5.73 Å². The maximum Gasteiger partial charge on any atom is 0.115 e. The van der Waals surface area contributed by atoms with Gasteiger partial charge in [0, 0.05) is 6.20 Å². The first-order valence-corrected chi connectivity index (χ1v) is 5.53. The third-order valence-corrected chi connectivity index (χ3v) is 2.63. The molecule has 0 radical (unpaired) electrons. The minimum Gasteiger partial charge on any atom is -0.397 e. The van der Waals surface area contributed by atoms with E-state index in [9.17, 15) is 0 Å². The zero-order valence-corrected chi connectivity index (χ0v) is 9.56. The van der Waals surface area contributed by atoms with Gasteiger partial charge in [0.2, 0.25) is 0 Å². The van der Waals surface area contributed by atoms with Crippen molar-refractivity contribution >= 4 is 5.69 Å². The summed E-state index contributed by atoms with van der Waals surface area (Å²) in [5, 5.41) is 8.01. The molecule has 0 saturated carbocycles. The smallest absolute Gasteiger partial charge is 0.115 e. The molecule has 88 valence electrons. The summed E-state index contributed by atoms with van der Waals surface area (Å²) in [6, 6.07) is 13.4. The van der Waals surface area contributed by atoms with Gasteiger partial charge in [-0.2, -0.15) is 0 Å². The van der Waals surface area contributed by atoms with Gasteiger partial charge in [0.05, 0.1) is 17.6 Å². The van der Waals surface area contributed by atoms with Gasteiger partial charge in [0.15, 0.2) is 0 Å². The number of hydrogen-bond acceptors (Lipinski definition) is 4. The zero-order chi connectivity index (χ0) is 12.4. The molecule has 0 aliphatic heterocycles. The molecule has 0 amide bonds. The Morgan fingerprint density at radius 2 is 1.83 bits per heavy atom. The first-order valence-electron chi connectivity index (χ1n) is 5.53. The lowest BCUT2D eigenvalue weighted by Crippen LogP contribution is -2.01. The molecular weight excluding hydrogens is 226 g/mol. The molecule has 0 unspecified atom stereocenters. The molecule has 2 N–H and O–H groups in total. The SMILES string of the molecule is Nc1cccnc1-c1cnnn1-c1ccccc1. The molecule has 0 fully saturated rings. The number of nitrogen functional groups attached to an aromatic ring is 1. The Balaban J connectivity index is 2.16. The van der Waals surface area contributed by atoms with Crippen molar-refractivity contribution < 1.29 is 0 Å². The molecule has 18 heavy (non-hydrogen) atoms. The lowest BCUT2D eigenvalue weighted by atomic mass is 10.2. The number of aromatic nitrogens is 4. The van der Waals surface area contributed by atoms with Crippen molar-refractivity contribution in [3.63, 3.8) is 0 Å². The van der Waals surface area contributed by atoms with Gasteiger partial charge in [-0.05, 0) is 24.3 Å². The van der Waals surface area contributed by atoms with Crippen molar-refractivity contribution in [2.45, 2.75) is 0 Å². The number of nitrogens with two attached hydrogens (primary N) is 1. The van der Waals surface area contributed by atoms with Crippen LogP contribution in [0.25, 0.3) is 17.1 Å². The number of rotatable bonds is 2. The highest BCUT2D eigenvalue weighted by Crippen LogP contribution is 2.23. The normalized spacial score (nSPS) is 10.4. The molecule has 1 aromatic carbocycles. The second-order valence-corrected chi connectivity index (χ2v) is 3.81. The largest absolute Gasteiger partial charge is 0.397 e. The summed E-state index contributed by atoms with van der Waals surface area (Å²) in [6.45, 7) is 0. The first-order chi connectivity index (χ1) is 8.86. The van der Waals surface area contributed by atoms with Crippen LogP contribution in [0.1, 0.15) is 0 Å². The third-order valence-electron chi connectivity index (χ3n) is 2.63. The Bertz CT molecular complexity index is 660. The summed E-state index contributed by atoms with van der Waals surface area (Å²) in [6.07, 6.45) is 3.36. The van der Waals surface area contributed by atoms with Gasteiger partial charge >= 0.3 is 0 Å². The van der Waals surface area contributed by atoms with Crippen LogP contribution in [0.5, 0.6) is 0 Å². The van der Waals surface area contributed by atoms with Gasteiger partial charge in [-0.1, -0.05) is 23.4 Å². The van der Waals surface area contributed by atoms with Gasteiger partial charge < -0.3 is 5.73 Å². The molecule has 0 spiro atoms. The first kappa shape index (κ1) is 10.5. The van der Waals surface area contributed by atoms with E-state index in [1.54, 1.807) is 23.1 Å². The van der Waals surface area contributed by atoms with Crippen LogP contribution in [0.4, 0.5) is 5.69 Å². The van der Waals surface area contributed by atoms with E-state index in [0.717, 1.165) is 11.4 Å². The van der Waals surface area contributed by atoms with Crippen LogP contribution in [-0.2, 0) is 0 Å². The third kappa shape index (κ3) is 1.71. The predicted octanol–water partition coefficient (Wildman–Crippen LogP) is 1.91. The Morgan fingerprint density at radius 1 is 1.00 bits per heavy atom. The number of hydrogen-bond donors (Lipinski definition) is 1. The van der Waals surface area contributed by atoms with Crippen LogP contribution in [-0.4, -0.2) is 20.0 Å². The standard InChI is InChI=1S/C13H11N5/c14-11-7-4-8-15-13(11)12-9-16-17-18(12)10-5-2-1-3-6-10/h1-9H,14H2. The minimum atomic E-state index is 0.608. The molecule has 0 aliphatic carbocycles. The maximum atomic E-state index is 5.93. The summed E-state index contributed by atoms with van der Waals surface area (Å²) in [7, 11) is 0. The summed E-state index contributed by atoms with van der Waals surface area (Å²) < 4.78 is 1.72. The lowest BCUT2D eigenvalue weighted by molar-refractivity contribution is 0.806. The topological polar surface area (TPSA) is 69.6 Å². The summed E-state index contributed by atoms with van der Waals surface area (Å²) in [5.74, 6) is 0. The van der Waals surface area contributed by atoms with Crippen LogP contribution in [0, 0.1) is 0 Å². The molecule has 0 atom stereocenters. The average molecular weight is 237 g/mol. The molecule has 0 aliphatic rings. The average Bonchev–Trinajstić information content (AvgIpc) is 2.89. The van der Waals surface area contributed by atoms with Crippen molar-refractivity contribution in [3.05, 3.63) is 54.9 Å². The highest BCUT2D eigenvalue weighted by atomic mass is 15.4. The van der Waals surface area contributed by atoms with Crippen molar-refractivity contribution in [1.82, 2.24) is 20.0 Å². The Hall–Kier alpha value is -2.69. The monoisotopic (exact) mass is 237 g/mol. The molecule has 0 saturated heterocycles. The van der Waals surface area contributed by atoms with E-state index in [0.29, 0.717) is 11.4 Å². The number of nitrogens with zero attached hydrogens (tertiary/aromatic N) is 4. The molecule has 5 heteroatoms. The Kier molecular flexibility index (Phi) is 2.49. The van der Waals surface area contributed by atoms with Gasteiger partial charge in [-0.25, -0.2) is 4.68 Å². The van der Waals surface area contributed by atoms with Gasteiger partial charge in [0.25, 0.3) is 0 Å². The second-order valence-electron chi connectivity index (χ2n) is 3.81. The lowest BCUT2D eigenvalue weighted by Gasteiger charge is -2.06. The predicted molar refractivity (Wildman–Crippen MR) is 69.0 cm³/mol. The zero-order valence-electron chi connectivity index (χ0n) is 9.56. The number of anilines is 1. The van der Waals surface area contributed by atoms with Crippen molar-refractivity contribution in [3.8, 4) is 17.1 Å². The fourth-order valence-electron chi connectivity index (χ4n) is 1.79. The highest BCUT2D eigenvalue weighted by Gasteiger charge is 2.11. The summed E-state index contributed by atoms with van der Waals surface area (Å²) in [5.41, 5.74) is 8.93. The van der Waals surface area contributed by atoms with E-state index in [2.05, 4.69) is 15.3 Å². The number of para-hydroxylation sites is 1. The van der Waals surface area contributed by atoms with Gasteiger partial charge in [-0.15, -0.1) is 5.10 Å². The van der Waals surface area contributed by atoms with Crippen molar-refractivity contribution in [2.24, 2.45) is 0 Å². The summed E-state index contributed by atoms with van der Waals surface area (Å²) >= 11 is 0. The van der Waals surface area contributed by atoms with Crippen LogP contribution >= 0.6 is 0 Å². The van der Waals surface area contributed by atoms with Crippen LogP contribution in [0.3, 0.4) is 0 Å². The Labute approximate surface area is 104 Å². The van der Waals surface area contributed by atoms with E-state index in [-0.39, 0.29) is 0 Å². The van der Waals surface area contributed by atoms with E-state index in [1.807, 2.05) is 36.4 Å². The number of benzene rings is 1. The minimum absolute atomic E-state index is 0.608. The van der Waals surface area contributed by atoms with Gasteiger partial charge in [-0.3, -0.25) is 4.98 Å². The van der Waals surface area contributed by atoms with E-state index >= 15 is 0 Å². The maximum absolute atomic E-state index is 5.93. The van der Waals surface area contributed by atoms with Crippen LogP contribution in [0.2, 0.25) is 0 Å². The molecule has 3 rings (SSSR count).